The van der Waals surface area contributed by atoms with Crippen molar-refractivity contribution in [1.82, 2.24) is 0 Å². The molecule has 0 saturated heterocycles. The number of hydrogen-bond donors (Lipinski definition) is 0. The summed E-state index contributed by atoms with van der Waals surface area (Å²) in [5.41, 5.74) is 3.08. The van der Waals surface area contributed by atoms with Crippen molar-refractivity contribution in [3.05, 3.63) is 109 Å². The maximum atomic E-state index is 6.12. The van der Waals surface area contributed by atoms with E-state index < -0.39 is 23.1 Å². The van der Waals surface area contributed by atoms with E-state index in [4.69, 9.17) is 8.44 Å². The third-order valence-corrected chi connectivity index (χ3v) is 8.08. The zero-order chi connectivity index (χ0) is 19.8. The Hall–Kier alpha value is -2.84. The van der Waals surface area contributed by atoms with Crippen LogP contribution in [0.5, 0.6) is 17.2 Å². The van der Waals surface area contributed by atoms with Gasteiger partial charge in [-0.25, -0.2) is 0 Å². The molecule has 0 fully saturated rings. The Balaban J connectivity index is 1.78. The fourth-order valence-electron chi connectivity index (χ4n) is 2.31. The van der Waals surface area contributed by atoms with Gasteiger partial charge in [-0.05, 0) is 0 Å². The van der Waals surface area contributed by atoms with Crippen LogP contribution in [0.2, 0.25) is 0 Å². The van der Waals surface area contributed by atoms with E-state index in [0.29, 0.717) is 17.2 Å². The van der Waals surface area contributed by atoms with Gasteiger partial charge in [0.25, 0.3) is 0 Å². The van der Waals surface area contributed by atoms with Crippen molar-refractivity contribution in [2.45, 2.75) is 0 Å². The Morgan fingerprint density at radius 1 is 0.464 bits per heavy atom. The van der Waals surface area contributed by atoms with Crippen LogP contribution in [0.4, 0.5) is 0 Å². The van der Waals surface area contributed by atoms with Gasteiger partial charge in [0, 0.05) is 0 Å². The maximum absolute atomic E-state index is 6.12. The molecule has 0 N–H and O–H groups in total. The van der Waals surface area contributed by atoms with Crippen molar-refractivity contribution < 1.29 is 8.44 Å². The van der Waals surface area contributed by atoms with Crippen LogP contribution in [0, 0.1) is 0 Å². The standard InChI is InChI=1S/3C8H8O.Bi/c3*1-2-7-3-5-8(9)6-4-7;/h3*2-6,9H,1H2;/q;;;+3/p-3. The summed E-state index contributed by atoms with van der Waals surface area (Å²) < 4.78 is 18.4. The van der Waals surface area contributed by atoms with Crippen LogP contribution in [0.3, 0.4) is 0 Å². The van der Waals surface area contributed by atoms with E-state index in [-0.39, 0.29) is 0 Å². The molecule has 0 spiro atoms. The molecule has 0 atom stereocenters. The van der Waals surface area contributed by atoms with E-state index in [9.17, 15) is 0 Å². The Kier molecular flexibility index (Phi) is 7.05. The van der Waals surface area contributed by atoms with E-state index in [1.807, 2.05) is 72.8 Å². The molecule has 0 aliphatic heterocycles. The van der Waals surface area contributed by atoms with Crippen molar-refractivity contribution in [2.75, 3.05) is 0 Å². The average molecular weight is 566 g/mol. The van der Waals surface area contributed by atoms with E-state index in [2.05, 4.69) is 19.7 Å². The first kappa shape index (κ1) is 19.9. The van der Waals surface area contributed by atoms with Gasteiger partial charge in [-0.2, -0.15) is 0 Å². The van der Waals surface area contributed by atoms with Gasteiger partial charge in [0.1, 0.15) is 0 Å². The van der Waals surface area contributed by atoms with Crippen LogP contribution in [0.1, 0.15) is 16.7 Å². The first-order chi connectivity index (χ1) is 13.7. The Morgan fingerprint density at radius 3 is 0.929 bits per heavy atom. The predicted octanol–water partition coefficient (Wildman–Crippen LogP) is 6.14. The quantitative estimate of drug-likeness (QED) is 0.292. The van der Waals surface area contributed by atoms with Gasteiger partial charge < -0.3 is 0 Å². The summed E-state index contributed by atoms with van der Waals surface area (Å²) in [4.78, 5) is 0. The van der Waals surface area contributed by atoms with Gasteiger partial charge in [0.2, 0.25) is 0 Å². The van der Waals surface area contributed by atoms with Gasteiger partial charge in [-0.15, -0.1) is 0 Å². The fourth-order valence-corrected chi connectivity index (χ4v) is 6.17. The van der Waals surface area contributed by atoms with Gasteiger partial charge in [0.05, 0.1) is 0 Å². The van der Waals surface area contributed by atoms with Crippen molar-refractivity contribution in [1.29, 1.82) is 0 Å². The van der Waals surface area contributed by atoms with Crippen LogP contribution in [-0.2, 0) is 0 Å². The first-order valence-electron chi connectivity index (χ1n) is 8.71. The first-order valence-corrected chi connectivity index (χ1v) is 13.0. The van der Waals surface area contributed by atoms with Gasteiger partial charge >= 0.3 is 176 Å². The summed E-state index contributed by atoms with van der Waals surface area (Å²) in [5.74, 6) is 2.15. The molecular weight excluding hydrogens is 545 g/mol. The molecule has 3 aromatic carbocycles. The normalized spacial score (nSPS) is 10.2. The monoisotopic (exact) mass is 566 g/mol. The molecule has 0 heterocycles. The molecule has 0 aliphatic carbocycles. The van der Waals surface area contributed by atoms with Gasteiger partial charge in [-0.3, -0.25) is 0 Å². The number of rotatable bonds is 9. The summed E-state index contributed by atoms with van der Waals surface area (Å²) in [6.07, 6.45) is 5.37. The minimum atomic E-state index is -3.31. The minimum absolute atomic E-state index is 0.716. The molecule has 3 aromatic rings. The van der Waals surface area contributed by atoms with Crippen molar-refractivity contribution in [3.8, 4) is 17.2 Å². The molecule has 0 aromatic heterocycles. The SMILES string of the molecule is C=Cc1ccc([O][Bi]([O]c2ccc(C=C)cc2)[O]c2ccc(C=C)cc2)cc1. The summed E-state index contributed by atoms with van der Waals surface area (Å²) in [5, 5.41) is 0. The summed E-state index contributed by atoms with van der Waals surface area (Å²) in [6, 6.07) is 23.1. The molecule has 0 aliphatic rings. The Morgan fingerprint density at radius 2 is 0.714 bits per heavy atom. The summed E-state index contributed by atoms with van der Waals surface area (Å²) >= 11 is -3.31. The molecule has 0 bridgehead atoms. The molecule has 0 amide bonds. The average Bonchev–Trinajstić information content (AvgIpc) is 2.75. The van der Waals surface area contributed by atoms with Crippen molar-refractivity contribution >= 4 is 41.3 Å². The zero-order valence-electron chi connectivity index (χ0n) is 15.5. The molecule has 0 saturated carbocycles. The van der Waals surface area contributed by atoms with Crippen LogP contribution >= 0.6 is 0 Å². The summed E-state index contributed by atoms with van der Waals surface area (Å²) in [6.45, 7) is 11.3. The van der Waals surface area contributed by atoms with Gasteiger partial charge in [-0.1, -0.05) is 0 Å². The predicted molar refractivity (Wildman–Crippen MR) is 117 cm³/mol. The molecule has 0 unspecified atom stereocenters. The molecule has 3 rings (SSSR count). The van der Waals surface area contributed by atoms with Crippen LogP contribution in [0.25, 0.3) is 18.2 Å². The Bertz CT molecular complexity index is 802. The third kappa shape index (κ3) is 5.58. The van der Waals surface area contributed by atoms with Gasteiger partial charge in [0.15, 0.2) is 0 Å². The second kappa shape index (κ2) is 9.91. The second-order valence-corrected chi connectivity index (χ2v) is 9.68. The topological polar surface area (TPSA) is 27.7 Å². The molecule has 0 radical (unpaired) electrons. The van der Waals surface area contributed by atoms with Crippen LogP contribution in [0.15, 0.2) is 92.5 Å². The third-order valence-electron chi connectivity index (χ3n) is 3.89. The second-order valence-electron chi connectivity index (χ2n) is 5.82. The van der Waals surface area contributed by atoms with Crippen molar-refractivity contribution in [2.24, 2.45) is 0 Å². The molecule has 28 heavy (non-hydrogen) atoms. The Labute approximate surface area is 175 Å². The molecule has 4 heteroatoms. The van der Waals surface area contributed by atoms with Crippen LogP contribution < -0.4 is 8.44 Å². The van der Waals surface area contributed by atoms with Crippen molar-refractivity contribution in [3.63, 3.8) is 0 Å². The van der Waals surface area contributed by atoms with E-state index in [1.165, 1.54) is 0 Å². The molecule has 140 valence electrons. The number of benzene rings is 3. The summed E-state index contributed by atoms with van der Waals surface area (Å²) in [7, 11) is 0. The molecular formula is C24H21BiO3. The molecule has 3 nitrogen and oxygen atoms in total. The number of hydrogen-bond acceptors (Lipinski definition) is 3. The van der Waals surface area contributed by atoms with E-state index >= 15 is 0 Å². The van der Waals surface area contributed by atoms with E-state index in [0.717, 1.165) is 16.7 Å². The van der Waals surface area contributed by atoms with Crippen LogP contribution in [-0.4, -0.2) is 23.1 Å². The fraction of sp³-hybridized carbons (Fsp3) is 0. The van der Waals surface area contributed by atoms with E-state index in [1.54, 1.807) is 18.2 Å². The zero-order valence-corrected chi connectivity index (χ0v) is 18.9.